The molecular formula is C26H49NO3. The highest BCUT2D eigenvalue weighted by Crippen LogP contribution is 2.27. The molecule has 176 valence electrons. The van der Waals surface area contributed by atoms with Gasteiger partial charge in [0.2, 0.25) is 5.91 Å². The van der Waals surface area contributed by atoms with Crippen molar-refractivity contribution < 1.29 is 14.7 Å². The topological polar surface area (TPSA) is 66.4 Å². The van der Waals surface area contributed by atoms with Crippen molar-refractivity contribution in [3.63, 3.8) is 0 Å². The number of carbonyl (C=O) groups is 2. The van der Waals surface area contributed by atoms with E-state index in [1.807, 2.05) is 0 Å². The summed E-state index contributed by atoms with van der Waals surface area (Å²) in [6, 6.07) is 0. The molecule has 30 heavy (non-hydrogen) atoms. The van der Waals surface area contributed by atoms with Gasteiger partial charge >= 0.3 is 5.97 Å². The highest BCUT2D eigenvalue weighted by Gasteiger charge is 2.18. The van der Waals surface area contributed by atoms with Crippen LogP contribution in [-0.4, -0.2) is 23.5 Å². The number of unbranched alkanes of at least 4 members (excludes halogenated alkanes) is 13. The zero-order valence-corrected chi connectivity index (χ0v) is 19.8. The molecule has 4 heteroatoms. The molecule has 1 fully saturated rings. The van der Waals surface area contributed by atoms with Crippen LogP contribution in [0.25, 0.3) is 0 Å². The maximum absolute atomic E-state index is 12.0. The lowest BCUT2D eigenvalue weighted by Crippen LogP contribution is -2.30. The number of carboxylic acids is 1. The van der Waals surface area contributed by atoms with Gasteiger partial charge in [-0.3, -0.25) is 9.59 Å². The van der Waals surface area contributed by atoms with Crippen LogP contribution in [0.1, 0.15) is 135 Å². The van der Waals surface area contributed by atoms with E-state index < -0.39 is 5.97 Å². The lowest BCUT2D eigenvalue weighted by Gasteiger charge is -2.26. The normalized spacial score (nSPS) is 19.0. The molecule has 0 heterocycles. The minimum absolute atomic E-state index is 0.260. The van der Waals surface area contributed by atoms with Crippen molar-refractivity contribution in [3.05, 3.63) is 0 Å². The number of amides is 1. The maximum atomic E-state index is 12.0. The largest absolute Gasteiger partial charge is 0.481 e. The number of carboxylic acid groups (broad SMARTS) is 1. The van der Waals surface area contributed by atoms with Crippen molar-refractivity contribution in [1.82, 2.24) is 5.32 Å². The Morgan fingerprint density at radius 1 is 0.667 bits per heavy atom. The molecule has 0 unspecified atom stereocenters. The van der Waals surface area contributed by atoms with Crippen molar-refractivity contribution in [2.24, 2.45) is 11.8 Å². The summed E-state index contributed by atoms with van der Waals surface area (Å²) in [5, 5.41) is 11.7. The molecule has 0 saturated heterocycles. The Balaban J connectivity index is 1.74. The van der Waals surface area contributed by atoms with E-state index >= 15 is 0 Å². The van der Waals surface area contributed by atoms with Gasteiger partial charge in [-0.1, -0.05) is 96.8 Å². The van der Waals surface area contributed by atoms with Gasteiger partial charge in [0.05, 0.1) is 0 Å². The van der Waals surface area contributed by atoms with Crippen molar-refractivity contribution in [2.45, 2.75) is 135 Å². The molecule has 0 radical (unpaired) electrons. The first kappa shape index (κ1) is 27.0. The quantitative estimate of drug-likeness (QED) is 0.215. The van der Waals surface area contributed by atoms with E-state index in [2.05, 4.69) is 12.2 Å². The zero-order valence-electron chi connectivity index (χ0n) is 19.8. The van der Waals surface area contributed by atoms with Gasteiger partial charge in [-0.2, -0.15) is 0 Å². The predicted octanol–water partition coefficient (Wildman–Crippen LogP) is 7.26. The first-order valence-corrected chi connectivity index (χ1v) is 13.1. The Labute approximate surface area is 186 Å². The molecule has 0 aromatic heterocycles. The van der Waals surface area contributed by atoms with Gasteiger partial charge in [0.25, 0.3) is 0 Å². The Morgan fingerprint density at radius 2 is 1.07 bits per heavy atom. The highest BCUT2D eigenvalue weighted by atomic mass is 16.4. The third-order valence-corrected chi connectivity index (χ3v) is 6.77. The van der Waals surface area contributed by atoms with Crippen LogP contribution in [0.4, 0.5) is 0 Å². The number of nitrogens with one attached hydrogen (secondary N) is 1. The summed E-state index contributed by atoms with van der Waals surface area (Å²) in [5.74, 6) is 1.19. The first-order chi connectivity index (χ1) is 14.6. The minimum Gasteiger partial charge on any atom is -0.481 e. The van der Waals surface area contributed by atoms with Crippen molar-refractivity contribution in [1.29, 1.82) is 0 Å². The van der Waals surface area contributed by atoms with Crippen LogP contribution in [0.2, 0.25) is 0 Å². The summed E-state index contributed by atoms with van der Waals surface area (Å²) in [4.78, 5) is 22.4. The number of rotatable bonds is 19. The SMILES string of the molecule is C[C@H]1CC[C@H](CNC(=O)CCCCCCCCCCCCCCCCC(=O)O)CC1. The fraction of sp³-hybridized carbons (Fsp3) is 0.923. The van der Waals surface area contributed by atoms with E-state index in [4.69, 9.17) is 5.11 Å². The maximum Gasteiger partial charge on any atom is 0.303 e. The molecule has 0 aromatic rings. The van der Waals surface area contributed by atoms with Crippen LogP contribution >= 0.6 is 0 Å². The van der Waals surface area contributed by atoms with Crippen LogP contribution in [0.3, 0.4) is 0 Å². The summed E-state index contributed by atoms with van der Waals surface area (Å²) in [7, 11) is 0. The Hall–Kier alpha value is -1.06. The average molecular weight is 424 g/mol. The minimum atomic E-state index is -0.667. The van der Waals surface area contributed by atoms with Crippen molar-refractivity contribution >= 4 is 11.9 Å². The Morgan fingerprint density at radius 3 is 1.50 bits per heavy atom. The Bertz CT molecular complexity index is 430. The molecule has 1 amide bonds. The Kier molecular flexibility index (Phi) is 16.8. The van der Waals surface area contributed by atoms with Gasteiger partial charge in [-0.25, -0.2) is 0 Å². The van der Waals surface area contributed by atoms with Crippen LogP contribution in [0.5, 0.6) is 0 Å². The molecule has 0 bridgehead atoms. The predicted molar refractivity (Wildman–Crippen MR) is 126 cm³/mol. The molecule has 2 N–H and O–H groups in total. The molecular weight excluding hydrogens is 374 g/mol. The van der Waals surface area contributed by atoms with E-state index in [0.717, 1.165) is 31.7 Å². The van der Waals surface area contributed by atoms with E-state index in [9.17, 15) is 9.59 Å². The van der Waals surface area contributed by atoms with Gasteiger partial charge in [0, 0.05) is 19.4 Å². The molecule has 1 aliphatic carbocycles. The zero-order chi connectivity index (χ0) is 21.9. The molecule has 1 saturated carbocycles. The molecule has 0 aliphatic heterocycles. The molecule has 0 atom stereocenters. The van der Waals surface area contributed by atoms with E-state index in [1.54, 1.807) is 0 Å². The summed E-state index contributed by atoms with van der Waals surface area (Å²) >= 11 is 0. The highest BCUT2D eigenvalue weighted by molar-refractivity contribution is 5.75. The number of hydrogen-bond acceptors (Lipinski definition) is 2. The van der Waals surface area contributed by atoms with Crippen LogP contribution in [0, 0.1) is 11.8 Å². The average Bonchev–Trinajstić information content (AvgIpc) is 2.72. The summed E-state index contributed by atoms with van der Waals surface area (Å²) in [6.07, 6.45) is 23.4. The van der Waals surface area contributed by atoms with Crippen molar-refractivity contribution in [2.75, 3.05) is 6.54 Å². The van der Waals surface area contributed by atoms with Gasteiger partial charge in [-0.05, 0) is 37.5 Å². The first-order valence-electron chi connectivity index (χ1n) is 13.1. The van der Waals surface area contributed by atoms with Crippen LogP contribution in [0.15, 0.2) is 0 Å². The van der Waals surface area contributed by atoms with E-state index in [-0.39, 0.29) is 5.91 Å². The van der Waals surface area contributed by atoms with Crippen LogP contribution in [-0.2, 0) is 9.59 Å². The van der Waals surface area contributed by atoms with Gasteiger partial charge in [0.15, 0.2) is 0 Å². The molecule has 1 aliphatic rings. The molecule has 0 spiro atoms. The fourth-order valence-corrected chi connectivity index (χ4v) is 4.56. The lowest BCUT2D eigenvalue weighted by atomic mass is 9.83. The molecule has 1 rings (SSSR count). The lowest BCUT2D eigenvalue weighted by molar-refractivity contribution is -0.137. The van der Waals surface area contributed by atoms with Gasteiger partial charge in [0.1, 0.15) is 0 Å². The van der Waals surface area contributed by atoms with E-state index in [0.29, 0.717) is 18.8 Å². The number of carbonyl (C=O) groups excluding carboxylic acids is 1. The van der Waals surface area contributed by atoms with Crippen LogP contribution < -0.4 is 5.32 Å². The monoisotopic (exact) mass is 423 g/mol. The van der Waals surface area contributed by atoms with Crippen molar-refractivity contribution in [3.8, 4) is 0 Å². The van der Waals surface area contributed by atoms with E-state index in [1.165, 1.54) is 96.3 Å². The second-order valence-corrected chi connectivity index (χ2v) is 9.77. The van der Waals surface area contributed by atoms with Gasteiger partial charge in [-0.15, -0.1) is 0 Å². The summed E-state index contributed by atoms with van der Waals surface area (Å²) in [6.45, 7) is 3.24. The number of aliphatic carboxylic acids is 1. The second kappa shape index (κ2) is 18.7. The fourth-order valence-electron chi connectivity index (χ4n) is 4.56. The number of hydrogen-bond donors (Lipinski definition) is 2. The third kappa shape index (κ3) is 16.7. The second-order valence-electron chi connectivity index (χ2n) is 9.77. The smallest absolute Gasteiger partial charge is 0.303 e. The summed E-state index contributed by atoms with van der Waals surface area (Å²) < 4.78 is 0. The molecule has 4 nitrogen and oxygen atoms in total. The standard InChI is InChI=1S/C26H49NO3/c1-23-18-20-24(21-19-23)22-27-25(28)16-14-12-10-8-6-4-2-3-5-7-9-11-13-15-17-26(29)30/h23-24H,2-22H2,1H3,(H,27,28)(H,29,30)/t23-,24-. The summed E-state index contributed by atoms with van der Waals surface area (Å²) in [5.41, 5.74) is 0. The molecule has 0 aromatic carbocycles. The van der Waals surface area contributed by atoms with Gasteiger partial charge < -0.3 is 10.4 Å². The third-order valence-electron chi connectivity index (χ3n) is 6.77.